The minimum Gasteiger partial charge on any atom is -0.338 e. The molecule has 8 heteroatoms. The van der Waals surface area contributed by atoms with Gasteiger partial charge >= 0.3 is 0 Å². The van der Waals surface area contributed by atoms with E-state index in [0.29, 0.717) is 37.2 Å². The molecule has 2 aromatic heterocycles. The van der Waals surface area contributed by atoms with Crippen LogP contribution in [0, 0.1) is 0 Å². The number of pyridine rings is 1. The number of rotatable bonds is 3. The van der Waals surface area contributed by atoms with Crippen LogP contribution in [0.2, 0.25) is 0 Å². The van der Waals surface area contributed by atoms with Crippen LogP contribution in [-0.2, 0) is 45.6 Å². The van der Waals surface area contributed by atoms with E-state index in [1.54, 1.807) is 6.20 Å². The molecule has 0 fully saturated rings. The number of fused-ring (bicyclic) bond motifs is 3. The van der Waals surface area contributed by atoms with Gasteiger partial charge in [0.1, 0.15) is 12.4 Å². The van der Waals surface area contributed by atoms with Gasteiger partial charge in [-0.25, -0.2) is 4.98 Å². The molecule has 1 atom stereocenters. The molecule has 3 N–H and O–H groups in total. The number of hydrogen-bond acceptors (Lipinski definition) is 4. The normalized spacial score (nSPS) is 19.6. The van der Waals surface area contributed by atoms with E-state index >= 15 is 0 Å². The monoisotopic (exact) mass is 477 g/mol. The molecule has 0 saturated carbocycles. The van der Waals surface area contributed by atoms with E-state index in [1.807, 2.05) is 59.3 Å². The summed E-state index contributed by atoms with van der Waals surface area (Å²) in [7, 11) is 0. The van der Waals surface area contributed by atoms with Gasteiger partial charge < -0.3 is 20.5 Å². The first-order valence-corrected chi connectivity index (χ1v) is 12.1. The summed E-state index contributed by atoms with van der Waals surface area (Å²) in [6.07, 6.45) is 5.94. The first kappa shape index (κ1) is 20.9. The molecule has 1 aliphatic carbocycles. The van der Waals surface area contributed by atoms with Crippen molar-refractivity contribution in [2.45, 2.75) is 37.6 Å². The number of nitrogens with zero attached hydrogens (tertiary/aromatic N) is 2. The number of carbonyl (C=O) groups is 3. The topological polar surface area (TPSA) is 105 Å². The fourth-order valence-corrected chi connectivity index (χ4v) is 6.02. The molecule has 7 rings (SSSR count). The zero-order valence-electron chi connectivity index (χ0n) is 19.4. The minimum atomic E-state index is -0.632. The summed E-state index contributed by atoms with van der Waals surface area (Å²) in [5.41, 5.74) is 5.99. The van der Waals surface area contributed by atoms with E-state index in [9.17, 15) is 14.4 Å². The number of aryl methyl sites for hydroxylation is 1. The van der Waals surface area contributed by atoms with Crippen molar-refractivity contribution in [2.75, 3.05) is 16.0 Å². The Bertz CT molecular complexity index is 1620. The van der Waals surface area contributed by atoms with Gasteiger partial charge in [0.2, 0.25) is 17.7 Å². The highest BCUT2D eigenvalue weighted by molar-refractivity contribution is 6.07. The highest BCUT2D eigenvalue weighted by Gasteiger charge is 2.51. The summed E-state index contributed by atoms with van der Waals surface area (Å²) in [4.78, 5) is 42.3. The zero-order valence-corrected chi connectivity index (χ0v) is 19.4. The Morgan fingerprint density at radius 3 is 2.81 bits per heavy atom. The molecule has 178 valence electrons. The van der Waals surface area contributed by atoms with Gasteiger partial charge in [-0.1, -0.05) is 18.2 Å². The van der Waals surface area contributed by atoms with Crippen molar-refractivity contribution in [3.8, 4) is 0 Å². The van der Waals surface area contributed by atoms with E-state index in [1.165, 1.54) is 0 Å². The van der Waals surface area contributed by atoms with Gasteiger partial charge in [-0.15, -0.1) is 0 Å². The number of hydrogen-bond donors (Lipinski definition) is 3. The maximum atomic E-state index is 13.0. The Labute approximate surface area is 206 Å². The first-order chi connectivity index (χ1) is 17.5. The van der Waals surface area contributed by atoms with Crippen LogP contribution in [-0.4, -0.2) is 27.3 Å². The number of aromatic nitrogens is 2. The van der Waals surface area contributed by atoms with E-state index in [-0.39, 0.29) is 24.3 Å². The summed E-state index contributed by atoms with van der Waals surface area (Å²) in [6, 6.07) is 15.5. The molecule has 0 radical (unpaired) electrons. The molecule has 3 aliphatic rings. The van der Waals surface area contributed by atoms with Crippen molar-refractivity contribution in [1.82, 2.24) is 9.55 Å². The Hall–Kier alpha value is -4.46. The predicted molar refractivity (Wildman–Crippen MR) is 136 cm³/mol. The minimum absolute atomic E-state index is 0.0104. The second kappa shape index (κ2) is 7.52. The zero-order chi connectivity index (χ0) is 24.4. The molecular weight excluding hydrogens is 454 g/mol. The Morgan fingerprint density at radius 2 is 1.89 bits per heavy atom. The molecule has 8 nitrogen and oxygen atoms in total. The van der Waals surface area contributed by atoms with Crippen LogP contribution in [0.1, 0.15) is 28.7 Å². The predicted octanol–water partition coefficient (Wildman–Crippen LogP) is 3.55. The van der Waals surface area contributed by atoms with Crippen LogP contribution in [0.15, 0.2) is 60.9 Å². The number of carbonyl (C=O) groups excluding carboxylic acids is 3. The highest BCUT2D eigenvalue weighted by Crippen LogP contribution is 2.47. The van der Waals surface area contributed by atoms with Gasteiger partial charge in [0.25, 0.3) is 0 Å². The molecule has 2 aliphatic heterocycles. The Balaban J connectivity index is 1.13. The number of benzene rings is 2. The summed E-state index contributed by atoms with van der Waals surface area (Å²) < 4.78 is 1.94. The highest BCUT2D eigenvalue weighted by atomic mass is 16.2. The molecule has 4 aromatic rings. The Kier molecular flexibility index (Phi) is 4.36. The second-order valence-corrected chi connectivity index (χ2v) is 9.85. The lowest BCUT2D eigenvalue weighted by Crippen LogP contribution is -2.35. The number of amides is 3. The van der Waals surface area contributed by atoms with Gasteiger partial charge in [-0.3, -0.25) is 14.4 Å². The molecule has 1 spiro atoms. The van der Waals surface area contributed by atoms with E-state index < -0.39 is 5.41 Å². The Morgan fingerprint density at radius 1 is 1.00 bits per heavy atom. The molecule has 1 unspecified atom stereocenters. The molecule has 3 amide bonds. The number of anilines is 3. The van der Waals surface area contributed by atoms with E-state index in [2.05, 4.69) is 20.9 Å². The van der Waals surface area contributed by atoms with Gasteiger partial charge in [0.15, 0.2) is 0 Å². The van der Waals surface area contributed by atoms with Gasteiger partial charge in [0.05, 0.1) is 16.6 Å². The summed E-state index contributed by atoms with van der Waals surface area (Å²) in [5.74, 6) is 0.503. The summed E-state index contributed by atoms with van der Waals surface area (Å²) >= 11 is 0. The lowest BCUT2D eigenvalue weighted by Gasteiger charge is -2.20. The summed E-state index contributed by atoms with van der Waals surface area (Å²) in [5, 5.41) is 9.92. The maximum Gasteiger partial charge on any atom is 0.244 e. The smallest absolute Gasteiger partial charge is 0.244 e. The van der Waals surface area contributed by atoms with Crippen molar-refractivity contribution < 1.29 is 14.4 Å². The average Bonchev–Trinajstić information content (AvgIpc) is 3.46. The summed E-state index contributed by atoms with van der Waals surface area (Å²) in [6.45, 7) is 0.163. The van der Waals surface area contributed by atoms with Crippen LogP contribution < -0.4 is 16.0 Å². The third kappa shape index (κ3) is 3.07. The molecular formula is C28H23N5O3. The van der Waals surface area contributed by atoms with Gasteiger partial charge in [-0.2, -0.15) is 0 Å². The van der Waals surface area contributed by atoms with Crippen LogP contribution in [0.5, 0.6) is 0 Å². The first-order valence-electron chi connectivity index (χ1n) is 12.1. The van der Waals surface area contributed by atoms with E-state index in [4.69, 9.17) is 0 Å². The quantitative estimate of drug-likeness (QED) is 0.420. The standard InChI is InChI=1S/C28H23N5O3/c34-23-9-7-17-14-33(22-5-1-4-21(31-23)25(17)22)15-24(35)30-19-8-6-16-12-28(13-18(16)11-19)20-3-2-10-29-26(20)32-27(28)36/h1-6,8,10-11,14H,7,9,12-13,15H2,(H,30,35)(H,31,34)(H,29,32,36). The van der Waals surface area contributed by atoms with Gasteiger partial charge in [-0.05, 0) is 66.3 Å². The fraction of sp³-hybridized carbons (Fsp3) is 0.214. The molecule has 2 aromatic carbocycles. The molecule has 4 heterocycles. The molecule has 0 saturated heterocycles. The van der Waals surface area contributed by atoms with E-state index in [0.717, 1.165) is 38.8 Å². The molecule has 36 heavy (non-hydrogen) atoms. The third-order valence-electron chi connectivity index (χ3n) is 7.66. The van der Waals surface area contributed by atoms with Crippen molar-refractivity contribution in [3.05, 3.63) is 83.2 Å². The maximum absolute atomic E-state index is 13.0. The van der Waals surface area contributed by atoms with Gasteiger partial charge in [0, 0.05) is 35.5 Å². The average molecular weight is 478 g/mol. The van der Waals surface area contributed by atoms with Crippen molar-refractivity contribution >= 4 is 45.8 Å². The van der Waals surface area contributed by atoms with Crippen molar-refractivity contribution in [1.29, 1.82) is 0 Å². The lowest BCUT2D eigenvalue weighted by molar-refractivity contribution is -0.120. The second-order valence-electron chi connectivity index (χ2n) is 9.85. The third-order valence-corrected chi connectivity index (χ3v) is 7.66. The van der Waals surface area contributed by atoms with Crippen LogP contribution in [0.25, 0.3) is 10.9 Å². The van der Waals surface area contributed by atoms with Crippen molar-refractivity contribution in [2.24, 2.45) is 0 Å². The van der Waals surface area contributed by atoms with Crippen LogP contribution in [0.3, 0.4) is 0 Å². The van der Waals surface area contributed by atoms with Crippen LogP contribution >= 0.6 is 0 Å². The van der Waals surface area contributed by atoms with Crippen LogP contribution in [0.4, 0.5) is 17.2 Å². The fourth-order valence-electron chi connectivity index (χ4n) is 6.02. The molecule has 0 bridgehead atoms. The lowest BCUT2D eigenvalue weighted by atomic mass is 9.79. The number of nitrogens with one attached hydrogen (secondary N) is 3. The largest absolute Gasteiger partial charge is 0.338 e. The van der Waals surface area contributed by atoms with Crippen molar-refractivity contribution in [3.63, 3.8) is 0 Å². The SMILES string of the molecule is O=C(Cn1cc2c3c(cccc31)NC(=O)CC2)Nc1ccc2c(c1)CC1(C2)C(=O)Nc2ncccc21.